The molecule has 3 N–H and O–H groups in total. The maximum atomic E-state index is 13.9. The minimum atomic E-state index is -1.07. The number of ether oxygens (including phenoxy) is 1. The number of nitrogens with zero attached hydrogens (tertiary/aromatic N) is 1. The van der Waals surface area contributed by atoms with Gasteiger partial charge in [0, 0.05) is 23.9 Å². The SMILES string of the molecule is CC(C)(Cc1ccccc1)N(C(=O)c1ccc(-c2ccc3c(c2)OCC3)cc1)[C@@H](CCC(=O)O)C(N)=O. The molecule has 0 radical (unpaired) electrons. The number of benzene rings is 3. The summed E-state index contributed by atoms with van der Waals surface area (Å²) in [7, 11) is 0. The van der Waals surface area contributed by atoms with Crippen molar-refractivity contribution in [2.45, 2.75) is 51.1 Å². The number of carboxylic acids is 1. The van der Waals surface area contributed by atoms with Crippen molar-refractivity contribution in [3.8, 4) is 16.9 Å². The molecule has 1 aliphatic heterocycles. The van der Waals surface area contributed by atoms with Gasteiger partial charge in [0.1, 0.15) is 11.8 Å². The van der Waals surface area contributed by atoms with Gasteiger partial charge in [-0.3, -0.25) is 14.4 Å². The lowest BCUT2D eigenvalue weighted by Gasteiger charge is -2.43. The van der Waals surface area contributed by atoms with Crippen molar-refractivity contribution in [2.24, 2.45) is 5.73 Å². The largest absolute Gasteiger partial charge is 0.493 e. The number of hydrogen-bond donors (Lipinski definition) is 2. The lowest BCUT2D eigenvalue weighted by Crippen LogP contribution is -2.58. The smallest absolute Gasteiger partial charge is 0.303 e. The molecule has 7 nitrogen and oxygen atoms in total. The highest BCUT2D eigenvalue weighted by atomic mass is 16.5. The lowest BCUT2D eigenvalue weighted by atomic mass is 9.89. The van der Waals surface area contributed by atoms with Crippen LogP contribution in [0.2, 0.25) is 0 Å². The monoisotopic (exact) mass is 500 g/mol. The van der Waals surface area contributed by atoms with Gasteiger partial charge in [-0.25, -0.2) is 0 Å². The van der Waals surface area contributed by atoms with Gasteiger partial charge in [-0.1, -0.05) is 54.6 Å². The molecule has 1 aliphatic rings. The van der Waals surface area contributed by atoms with Crippen LogP contribution in [0.1, 0.15) is 48.2 Å². The van der Waals surface area contributed by atoms with E-state index >= 15 is 0 Å². The van der Waals surface area contributed by atoms with Crippen molar-refractivity contribution in [2.75, 3.05) is 6.61 Å². The molecule has 192 valence electrons. The van der Waals surface area contributed by atoms with E-state index in [0.29, 0.717) is 18.6 Å². The Morgan fingerprint density at radius 2 is 1.68 bits per heavy atom. The number of rotatable bonds is 10. The van der Waals surface area contributed by atoms with E-state index in [1.807, 2.05) is 68.4 Å². The molecule has 0 fully saturated rings. The van der Waals surface area contributed by atoms with Gasteiger partial charge in [-0.05, 0) is 67.1 Å². The zero-order valence-electron chi connectivity index (χ0n) is 21.1. The molecule has 4 rings (SSSR count). The van der Waals surface area contributed by atoms with Crippen LogP contribution in [-0.4, -0.2) is 46.0 Å². The molecule has 7 heteroatoms. The summed E-state index contributed by atoms with van der Waals surface area (Å²) in [5.41, 5.74) is 9.39. The van der Waals surface area contributed by atoms with E-state index in [1.165, 1.54) is 10.5 Å². The predicted octanol–water partition coefficient (Wildman–Crippen LogP) is 4.47. The topological polar surface area (TPSA) is 110 Å². The fourth-order valence-electron chi connectivity index (χ4n) is 4.97. The molecule has 0 saturated heterocycles. The lowest BCUT2D eigenvalue weighted by molar-refractivity contribution is -0.137. The Morgan fingerprint density at radius 3 is 2.32 bits per heavy atom. The van der Waals surface area contributed by atoms with Crippen LogP contribution in [0, 0.1) is 0 Å². The normalized spacial score (nSPS) is 13.4. The molecule has 0 aliphatic carbocycles. The van der Waals surface area contributed by atoms with Crippen LogP contribution >= 0.6 is 0 Å². The Kier molecular flexibility index (Phi) is 7.62. The number of primary amides is 1. The standard InChI is InChI=1S/C30H32N2O5/c1-30(2,19-20-6-4-3-5-7-20)32(25(28(31)35)14-15-27(33)34)29(36)23-11-8-21(9-12-23)24-13-10-22-16-17-37-26(22)18-24/h3-13,18,25H,14-17,19H2,1-2H3,(H2,31,35)(H,33,34)/t25-/m0/s1. The third-order valence-electron chi connectivity index (χ3n) is 6.78. The van der Waals surface area contributed by atoms with Crippen LogP contribution in [0.4, 0.5) is 0 Å². The third kappa shape index (κ3) is 6.00. The molecule has 3 aromatic rings. The molecule has 1 heterocycles. The summed E-state index contributed by atoms with van der Waals surface area (Å²) in [6.07, 6.45) is 1.02. The average Bonchev–Trinajstić information content (AvgIpc) is 3.34. The molecule has 1 atom stereocenters. The molecule has 37 heavy (non-hydrogen) atoms. The number of amides is 2. The van der Waals surface area contributed by atoms with Crippen LogP contribution in [-0.2, 0) is 22.4 Å². The molecule has 0 spiro atoms. The van der Waals surface area contributed by atoms with Crippen molar-refractivity contribution in [3.05, 3.63) is 89.5 Å². The van der Waals surface area contributed by atoms with Crippen molar-refractivity contribution in [1.29, 1.82) is 0 Å². The Bertz CT molecular complexity index is 1290. The zero-order chi connectivity index (χ0) is 26.6. The van der Waals surface area contributed by atoms with E-state index in [2.05, 4.69) is 6.07 Å². The first-order valence-electron chi connectivity index (χ1n) is 12.4. The Morgan fingerprint density at radius 1 is 1.00 bits per heavy atom. The number of carboxylic acid groups (broad SMARTS) is 1. The van der Waals surface area contributed by atoms with E-state index in [4.69, 9.17) is 10.5 Å². The highest BCUT2D eigenvalue weighted by Crippen LogP contribution is 2.32. The second-order valence-electron chi connectivity index (χ2n) is 10.00. The number of aliphatic carboxylic acids is 1. The second kappa shape index (κ2) is 10.9. The molecular formula is C30H32N2O5. The van der Waals surface area contributed by atoms with Gasteiger partial charge in [-0.2, -0.15) is 0 Å². The number of carbonyl (C=O) groups is 3. The van der Waals surface area contributed by atoms with Crippen molar-refractivity contribution >= 4 is 17.8 Å². The van der Waals surface area contributed by atoms with Crippen LogP contribution in [0.25, 0.3) is 11.1 Å². The molecule has 3 aromatic carbocycles. The van der Waals surface area contributed by atoms with Gasteiger partial charge < -0.3 is 20.5 Å². The highest BCUT2D eigenvalue weighted by molar-refractivity contribution is 5.98. The maximum absolute atomic E-state index is 13.9. The van der Waals surface area contributed by atoms with E-state index in [1.54, 1.807) is 12.1 Å². The minimum absolute atomic E-state index is 0.0676. The highest BCUT2D eigenvalue weighted by Gasteiger charge is 2.39. The van der Waals surface area contributed by atoms with Gasteiger partial charge in [-0.15, -0.1) is 0 Å². The summed E-state index contributed by atoms with van der Waals surface area (Å²) in [4.78, 5) is 39.2. The first-order valence-corrected chi connectivity index (χ1v) is 12.4. The van der Waals surface area contributed by atoms with E-state index in [0.717, 1.165) is 28.9 Å². The number of carbonyl (C=O) groups excluding carboxylic acids is 2. The first kappa shape index (κ1) is 25.9. The molecule has 0 aromatic heterocycles. The summed E-state index contributed by atoms with van der Waals surface area (Å²) in [5.74, 6) is -1.28. The predicted molar refractivity (Wildman–Crippen MR) is 141 cm³/mol. The van der Waals surface area contributed by atoms with Gasteiger partial charge in [0.2, 0.25) is 5.91 Å². The average molecular weight is 501 g/mol. The zero-order valence-corrected chi connectivity index (χ0v) is 21.1. The molecule has 0 unspecified atom stereocenters. The van der Waals surface area contributed by atoms with Gasteiger partial charge in [0.15, 0.2) is 0 Å². The quantitative estimate of drug-likeness (QED) is 0.427. The first-order chi connectivity index (χ1) is 17.7. The number of hydrogen-bond acceptors (Lipinski definition) is 4. The van der Waals surface area contributed by atoms with Gasteiger partial charge >= 0.3 is 5.97 Å². The number of nitrogens with two attached hydrogens (primary N) is 1. The Balaban J connectivity index is 1.66. The van der Waals surface area contributed by atoms with Crippen molar-refractivity contribution in [1.82, 2.24) is 4.90 Å². The number of fused-ring (bicyclic) bond motifs is 1. The molecule has 0 bridgehead atoms. The van der Waals surface area contributed by atoms with Crippen LogP contribution < -0.4 is 10.5 Å². The second-order valence-corrected chi connectivity index (χ2v) is 10.00. The fourth-order valence-corrected chi connectivity index (χ4v) is 4.97. The minimum Gasteiger partial charge on any atom is -0.493 e. The maximum Gasteiger partial charge on any atom is 0.303 e. The summed E-state index contributed by atoms with van der Waals surface area (Å²) < 4.78 is 5.68. The summed E-state index contributed by atoms with van der Waals surface area (Å²) in [6.45, 7) is 4.42. The summed E-state index contributed by atoms with van der Waals surface area (Å²) in [5, 5.41) is 9.25. The molecule has 0 saturated carbocycles. The fraction of sp³-hybridized carbons (Fsp3) is 0.300. The molecule has 2 amide bonds. The van der Waals surface area contributed by atoms with Crippen molar-refractivity contribution in [3.63, 3.8) is 0 Å². The van der Waals surface area contributed by atoms with E-state index in [-0.39, 0.29) is 18.7 Å². The van der Waals surface area contributed by atoms with Crippen molar-refractivity contribution < 1.29 is 24.2 Å². The van der Waals surface area contributed by atoms with Crippen LogP contribution in [0.3, 0.4) is 0 Å². The Hall–Kier alpha value is -4.13. The van der Waals surface area contributed by atoms with Gasteiger partial charge in [0.25, 0.3) is 5.91 Å². The summed E-state index contributed by atoms with van der Waals surface area (Å²) in [6, 6.07) is 21.9. The van der Waals surface area contributed by atoms with Gasteiger partial charge in [0.05, 0.1) is 6.61 Å². The third-order valence-corrected chi connectivity index (χ3v) is 6.78. The van der Waals surface area contributed by atoms with E-state index in [9.17, 15) is 19.5 Å². The Labute approximate surface area is 216 Å². The summed E-state index contributed by atoms with van der Waals surface area (Å²) >= 11 is 0. The van der Waals surface area contributed by atoms with Crippen LogP contribution in [0.15, 0.2) is 72.8 Å². The molecular weight excluding hydrogens is 468 g/mol. The van der Waals surface area contributed by atoms with Crippen LogP contribution in [0.5, 0.6) is 5.75 Å². The van der Waals surface area contributed by atoms with E-state index < -0.39 is 23.5 Å².